The van der Waals surface area contributed by atoms with E-state index in [0.29, 0.717) is 6.54 Å². The second-order valence-electron chi connectivity index (χ2n) is 4.54. The third-order valence-corrected chi connectivity index (χ3v) is 3.17. The molecule has 0 saturated heterocycles. The summed E-state index contributed by atoms with van der Waals surface area (Å²) in [6.07, 6.45) is 4.52. The molecule has 1 amide bonds. The molecule has 2 unspecified atom stereocenters. The zero-order chi connectivity index (χ0) is 12.3. The fourth-order valence-corrected chi connectivity index (χ4v) is 2.04. The van der Waals surface area contributed by atoms with Gasteiger partial charge in [-0.05, 0) is 24.5 Å². The maximum Gasteiger partial charge on any atom is 0.227 e. The van der Waals surface area contributed by atoms with Gasteiger partial charge in [0.1, 0.15) is 0 Å². The number of amides is 1. The molecular formula is C14H18N2O. The summed E-state index contributed by atoms with van der Waals surface area (Å²) in [7, 11) is 0. The van der Waals surface area contributed by atoms with Crippen LogP contribution in [0.1, 0.15) is 17.5 Å². The van der Waals surface area contributed by atoms with Gasteiger partial charge in [-0.3, -0.25) is 4.79 Å². The Morgan fingerprint density at radius 3 is 2.82 bits per heavy atom. The Hall–Kier alpha value is -1.61. The number of carbonyl (C=O) groups excluding carboxylic acids is 1. The van der Waals surface area contributed by atoms with Crippen molar-refractivity contribution >= 4 is 5.91 Å². The van der Waals surface area contributed by atoms with Gasteiger partial charge < -0.3 is 11.1 Å². The standard InChI is InChI=1S/C14H18N2O/c1-10-4-2-3-5-12(10)9-16-14(17)11-6-7-13(15)8-11/h2-7,11,13H,8-9,15H2,1H3,(H,16,17). The third kappa shape index (κ3) is 2.94. The highest BCUT2D eigenvalue weighted by molar-refractivity contribution is 5.81. The summed E-state index contributed by atoms with van der Waals surface area (Å²) in [5.41, 5.74) is 8.09. The third-order valence-electron chi connectivity index (χ3n) is 3.17. The molecule has 2 rings (SSSR count). The lowest BCUT2D eigenvalue weighted by molar-refractivity contribution is -0.123. The zero-order valence-corrected chi connectivity index (χ0v) is 10.0. The van der Waals surface area contributed by atoms with E-state index < -0.39 is 0 Å². The molecule has 0 radical (unpaired) electrons. The van der Waals surface area contributed by atoms with Crippen LogP contribution in [0.25, 0.3) is 0 Å². The predicted molar refractivity (Wildman–Crippen MR) is 68.2 cm³/mol. The normalized spacial score (nSPS) is 22.7. The van der Waals surface area contributed by atoms with Crippen LogP contribution in [0.4, 0.5) is 0 Å². The van der Waals surface area contributed by atoms with E-state index in [1.165, 1.54) is 5.56 Å². The molecule has 17 heavy (non-hydrogen) atoms. The molecule has 1 aliphatic rings. The van der Waals surface area contributed by atoms with Crippen molar-refractivity contribution in [3.05, 3.63) is 47.5 Å². The monoisotopic (exact) mass is 230 g/mol. The Morgan fingerprint density at radius 2 is 2.18 bits per heavy atom. The number of benzene rings is 1. The van der Waals surface area contributed by atoms with Gasteiger partial charge in [-0.1, -0.05) is 36.4 Å². The minimum absolute atomic E-state index is 0.0317. The lowest BCUT2D eigenvalue weighted by atomic mass is 10.1. The quantitative estimate of drug-likeness (QED) is 0.773. The van der Waals surface area contributed by atoms with Gasteiger partial charge >= 0.3 is 0 Å². The molecule has 0 heterocycles. The zero-order valence-electron chi connectivity index (χ0n) is 10.0. The van der Waals surface area contributed by atoms with Crippen LogP contribution in [0.5, 0.6) is 0 Å². The van der Waals surface area contributed by atoms with Gasteiger partial charge in [0.2, 0.25) is 5.91 Å². The Morgan fingerprint density at radius 1 is 1.41 bits per heavy atom. The van der Waals surface area contributed by atoms with Crippen LogP contribution >= 0.6 is 0 Å². The molecule has 1 aromatic rings. The fourth-order valence-electron chi connectivity index (χ4n) is 2.04. The van der Waals surface area contributed by atoms with E-state index >= 15 is 0 Å². The molecule has 0 spiro atoms. The molecule has 1 aliphatic carbocycles. The van der Waals surface area contributed by atoms with Crippen LogP contribution in [0.3, 0.4) is 0 Å². The van der Waals surface area contributed by atoms with E-state index in [1.54, 1.807) is 0 Å². The Kier molecular flexibility index (Phi) is 3.59. The molecule has 3 nitrogen and oxygen atoms in total. The smallest absolute Gasteiger partial charge is 0.227 e. The van der Waals surface area contributed by atoms with Crippen molar-refractivity contribution in [2.24, 2.45) is 11.7 Å². The highest BCUT2D eigenvalue weighted by Crippen LogP contribution is 2.16. The van der Waals surface area contributed by atoms with Crippen molar-refractivity contribution in [2.75, 3.05) is 0 Å². The van der Waals surface area contributed by atoms with E-state index in [9.17, 15) is 4.79 Å². The van der Waals surface area contributed by atoms with Crippen molar-refractivity contribution in [1.29, 1.82) is 0 Å². The van der Waals surface area contributed by atoms with E-state index in [-0.39, 0.29) is 17.9 Å². The molecule has 3 heteroatoms. The second kappa shape index (κ2) is 5.15. The minimum Gasteiger partial charge on any atom is -0.352 e. The van der Waals surface area contributed by atoms with Crippen LogP contribution in [-0.4, -0.2) is 11.9 Å². The van der Waals surface area contributed by atoms with Gasteiger partial charge in [-0.2, -0.15) is 0 Å². The maximum atomic E-state index is 11.9. The maximum absolute atomic E-state index is 11.9. The first-order valence-corrected chi connectivity index (χ1v) is 5.93. The topological polar surface area (TPSA) is 55.1 Å². The minimum atomic E-state index is -0.0611. The lowest BCUT2D eigenvalue weighted by Crippen LogP contribution is -2.30. The van der Waals surface area contributed by atoms with Gasteiger partial charge in [-0.25, -0.2) is 0 Å². The largest absolute Gasteiger partial charge is 0.352 e. The summed E-state index contributed by atoms with van der Waals surface area (Å²) in [6, 6.07) is 8.10. The molecular weight excluding hydrogens is 212 g/mol. The van der Waals surface area contributed by atoms with Crippen LogP contribution < -0.4 is 11.1 Å². The second-order valence-corrected chi connectivity index (χ2v) is 4.54. The van der Waals surface area contributed by atoms with E-state index in [4.69, 9.17) is 5.73 Å². The first kappa shape index (κ1) is 11.9. The number of carbonyl (C=O) groups is 1. The van der Waals surface area contributed by atoms with E-state index in [1.807, 2.05) is 43.3 Å². The number of nitrogens with two attached hydrogens (primary N) is 1. The average Bonchev–Trinajstić information content (AvgIpc) is 2.74. The summed E-state index contributed by atoms with van der Waals surface area (Å²) in [5.74, 6) is 0.00599. The van der Waals surface area contributed by atoms with E-state index in [2.05, 4.69) is 5.32 Å². The molecule has 0 bridgehead atoms. The molecule has 0 aliphatic heterocycles. The van der Waals surface area contributed by atoms with Gasteiger partial charge in [0.05, 0.1) is 5.92 Å². The van der Waals surface area contributed by atoms with Gasteiger partial charge in [0.15, 0.2) is 0 Å². The van der Waals surface area contributed by atoms with Crippen LogP contribution in [0.15, 0.2) is 36.4 Å². The molecule has 1 aromatic carbocycles. The van der Waals surface area contributed by atoms with Gasteiger partial charge in [0.25, 0.3) is 0 Å². The summed E-state index contributed by atoms with van der Waals surface area (Å²) >= 11 is 0. The van der Waals surface area contributed by atoms with Gasteiger partial charge in [0, 0.05) is 12.6 Å². The molecule has 90 valence electrons. The van der Waals surface area contributed by atoms with Crippen LogP contribution in [-0.2, 0) is 11.3 Å². The van der Waals surface area contributed by atoms with Crippen LogP contribution in [0.2, 0.25) is 0 Å². The lowest BCUT2D eigenvalue weighted by Gasteiger charge is -2.11. The number of aryl methyl sites for hydroxylation is 1. The van der Waals surface area contributed by atoms with Crippen molar-refractivity contribution in [3.63, 3.8) is 0 Å². The fraction of sp³-hybridized carbons (Fsp3) is 0.357. The number of hydrogen-bond donors (Lipinski definition) is 2. The first-order valence-electron chi connectivity index (χ1n) is 5.93. The Balaban J connectivity index is 1.89. The summed E-state index contributed by atoms with van der Waals surface area (Å²) < 4.78 is 0. The van der Waals surface area contributed by atoms with Crippen molar-refractivity contribution in [1.82, 2.24) is 5.32 Å². The summed E-state index contributed by atoms with van der Waals surface area (Å²) in [5, 5.41) is 2.96. The molecule has 0 aromatic heterocycles. The molecule has 2 atom stereocenters. The Bertz CT molecular complexity index is 440. The van der Waals surface area contributed by atoms with Crippen molar-refractivity contribution in [2.45, 2.75) is 25.9 Å². The number of rotatable bonds is 3. The summed E-state index contributed by atoms with van der Waals surface area (Å²) in [6.45, 7) is 2.64. The van der Waals surface area contributed by atoms with Gasteiger partial charge in [-0.15, -0.1) is 0 Å². The van der Waals surface area contributed by atoms with Crippen LogP contribution in [0, 0.1) is 12.8 Å². The summed E-state index contributed by atoms with van der Waals surface area (Å²) in [4.78, 5) is 11.9. The average molecular weight is 230 g/mol. The number of nitrogens with one attached hydrogen (secondary N) is 1. The highest BCUT2D eigenvalue weighted by atomic mass is 16.1. The van der Waals surface area contributed by atoms with E-state index in [0.717, 1.165) is 12.0 Å². The first-order chi connectivity index (χ1) is 8.16. The predicted octanol–water partition coefficient (Wildman–Crippen LogP) is 1.51. The van der Waals surface area contributed by atoms with Crippen molar-refractivity contribution < 1.29 is 4.79 Å². The SMILES string of the molecule is Cc1ccccc1CNC(=O)C1C=CC(N)C1. The molecule has 3 N–H and O–H groups in total. The van der Waals surface area contributed by atoms with Crippen molar-refractivity contribution in [3.8, 4) is 0 Å². The number of hydrogen-bond acceptors (Lipinski definition) is 2. The Labute approximate surface area is 102 Å². The highest BCUT2D eigenvalue weighted by Gasteiger charge is 2.22. The molecule has 0 fully saturated rings. The molecule has 0 saturated carbocycles.